The van der Waals surface area contributed by atoms with Crippen molar-refractivity contribution in [3.8, 4) is 0 Å². The van der Waals surface area contributed by atoms with Gasteiger partial charge in [0, 0.05) is 26.2 Å². The Morgan fingerprint density at radius 1 is 1.03 bits per heavy atom. The third-order valence-electron chi connectivity index (χ3n) is 6.40. The monoisotopic (exact) mass is 440 g/mol. The van der Waals surface area contributed by atoms with Crippen LogP contribution in [0.5, 0.6) is 0 Å². The number of aryl methyl sites for hydroxylation is 3. The lowest BCUT2D eigenvalue weighted by Crippen LogP contribution is -2.64. The average Bonchev–Trinajstić information content (AvgIpc) is 2.74. The van der Waals surface area contributed by atoms with Gasteiger partial charge in [-0.15, -0.1) is 0 Å². The Balaban J connectivity index is 1.46. The van der Waals surface area contributed by atoms with E-state index in [9.17, 15) is 8.42 Å². The van der Waals surface area contributed by atoms with Gasteiger partial charge in [0.1, 0.15) is 5.84 Å². The summed E-state index contributed by atoms with van der Waals surface area (Å²) in [6, 6.07) is 14.0. The number of aliphatic imine (C=N–C) groups is 1. The first-order valence-corrected chi connectivity index (χ1v) is 12.4. The zero-order valence-electron chi connectivity index (χ0n) is 18.6. The van der Waals surface area contributed by atoms with Crippen LogP contribution in [0.3, 0.4) is 0 Å². The van der Waals surface area contributed by atoms with Crippen molar-refractivity contribution in [2.24, 2.45) is 4.99 Å². The standard InChI is InChI=1S/C24H32N4O2S/c1-18-4-7-21(8-5-18)17-26-23-24(27-13-12-25-23)10-14-28(15-11-24)31(29,30)22-9-6-19(2)16-20(22)3/h4-9,16,27H,10-15,17H2,1-3H3,(H,25,26). The molecule has 2 aromatic rings. The predicted molar refractivity (Wildman–Crippen MR) is 125 cm³/mol. The van der Waals surface area contributed by atoms with E-state index < -0.39 is 10.0 Å². The minimum absolute atomic E-state index is 0.280. The number of nitrogens with zero attached hydrogens (tertiary/aromatic N) is 2. The highest BCUT2D eigenvalue weighted by molar-refractivity contribution is 7.89. The second-order valence-electron chi connectivity index (χ2n) is 8.75. The molecular weight excluding hydrogens is 408 g/mol. The molecule has 2 aliphatic heterocycles. The number of rotatable bonds is 4. The van der Waals surface area contributed by atoms with Crippen LogP contribution in [0, 0.1) is 20.8 Å². The molecule has 2 N–H and O–H groups in total. The summed E-state index contributed by atoms with van der Waals surface area (Å²) >= 11 is 0. The summed E-state index contributed by atoms with van der Waals surface area (Å²) in [6.07, 6.45) is 1.41. The van der Waals surface area contributed by atoms with Crippen LogP contribution in [0.2, 0.25) is 0 Å². The Labute approximate surface area is 185 Å². The van der Waals surface area contributed by atoms with Gasteiger partial charge in [-0.25, -0.2) is 8.42 Å². The molecule has 166 valence electrons. The Kier molecular flexibility index (Phi) is 6.19. The maximum absolute atomic E-state index is 13.3. The second-order valence-corrected chi connectivity index (χ2v) is 10.7. The first-order chi connectivity index (χ1) is 14.8. The van der Waals surface area contributed by atoms with Crippen LogP contribution in [0.25, 0.3) is 0 Å². The van der Waals surface area contributed by atoms with E-state index in [0.717, 1.165) is 30.1 Å². The number of hydrogen-bond donors (Lipinski definition) is 2. The molecule has 0 unspecified atom stereocenters. The largest absolute Gasteiger partial charge is 0.368 e. The SMILES string of the molecule is Cc1ccc(CNC2=NCCNC23CCN(S(=O)(=O)c2ccc(C)cc2C)CC3)cc1. The minimum Gasteiger partial charge on any atom is -0.368 e. The second kappa shape index (κ2) is 8.73. The number of hydrogen-bond acceptors (Lipinski definition) is 5. The molecule has 1 spiro atoms. The molecule has 0 bridgehead atoms. The van der Waals surface area contributed by atoms with Crippen molar-refractivity contribution in [3.63, 3.8) is 0 Å². The van der Waals surface area contributed by atoms with Gasteiger partial charge in [-0.2, -0.15) is 4.31 Å². The Morgan fingerprint density at radius 2 is 1.71 bits per heavy atom. The van der Waals surface area contributed by atoms with E-state index in [-0.39, 0.29) is 5.54 Å². The van der Waals surface area contributed by atoms with Crippen molar-refractivity contribution in [1.29, 1.82) is 0 Å². The van der Waals surface area contributed by atoms with E-state index in [4.69, 9.17) is 4.99 Å². The third kappa shape index (κ3) is 4.54. The van der Waals surface area contributed by atoms with Crippen molar-refractivity contribution in [2.75, 3.05) is 26.2 Å². The van der Waals surface area contributed by atoms with Crippen molar-refractivity contribution in [3.05, 3.63) is 64.7 Å². The maximum Gasteiger partial charge on any atom is 0.243 e. The van der Waals surface area contributed by atoms with Crippen LogP contribution in [0.4, 0.5) is 0 Å². The van der Waals surface area contributed by atoms with Crippen LogP contribution in [0.15, 0.2) is 52.4 Å². The summed E-state index contributed by atoms with van der Waals surface area (Å²) in [5.74, 6) is 0.961. The first kappa shape index (κ1) is 22.0. The quantitative estimate of drug-likeness (QED) is 0.767. The van der Waals surface area contributed by atoms with E-state index in [1.54, 1.807) is 10.4 Å². The molecular formula is C24H32N4O2S. The molecule has 0 radical (unpaired) electrons. The number of nitrogens with one attached hydrogen (secondary N) is 2. The highest BCUT2D eigenvalue weighted by atomic mass is 32.2. The van der Waals surface area contributed by atoms with E-state index in [1.165, 1.54) is 11.1 Å². The number of sulfonamides is 1. The molecule has 7 heteroatoms. The fourth-order valence-electron chi connectivity index (χ4n) is 4.56. The molecule has 2 aliphatic rings. The van der Waals surface area contributed by atoms with Gasteiger partial charge in [0.05, 0.1) is 17.0 Å². The predicted octanol–water partition coefficient (Wildman–Crippen LogP) is 2.93. The molecule has 0 aliphatic carbocycles. The van der Waals surface area contributed by atoms with Crippen LogP contribution >= 0.6 is 0 Å². The van der Waals surface area contributed by atoms with Crippen LogP contribution in [0.1, 0.15) is 35.1 Å². The lowest BCUT2D eigenvalue weighted by atomic mass is 9.85. The molecule has 1 fully saturated rings. The number of benzene rings is 2. The Morgan fingerprint density at radius 3 is 2.39 bits per heavy atom. The summed E-state index contributed by atoms with van der Waals surface area (Å²) in [6.45, 7) is 9.17. The molecule has 0 aromatic heterocycles. The highest BCUT2D eigenvalue weighted by Gasteiger charge is 2.43. The average molecular weight is 441 g/mol. The van der Waals surface area contributed by atoms with Crippen molar-refractivity contribution < 1.29 is 8.42 Å². The van der Waals surface area contributed by atoms with E-state index in [2.05, 4.69) is 41.8 Å². The number of amidine groups is 1. The zero-order chi connectivity index (χ0) is 22.1. The Hall–Kier alpha value is -2.22. The molecule has 0 amide bonds. The fourth-order valence-corrected chi connectivity index (χ4v) is 6.21. The van der Waals surface area contributed by atoms with Gasteiger partial charge in [0.2, 0.25) is 10.0 Å². The summed E-state index contributed by atoms with van der Waals surface area (Å²) in [7, 11) is -3.50. The van der Waals surface area contributed by atoms with E-state index in [0.29, 0.717) is 37.4 Å². The van der Waals surface area contributed by atoms with Crippen LogP contribution in [-0.4, -0.2) is 50.3 Å². The molecule has 2 aromatic carbocycles. The molecule has 1 saturated heterocycles. The van der Waals surface area contributed by atoms with Crippen molar-refractivity contribution in [2.45, 2.75) is 50.6 Å². The lowest BCUT2D eigenvalue weighted by Gasteiger charge is -2.44. The summed E-state index contributed by atoms with van der Waals surface area (Å²) < 4.78 is 28.2. The van der Waals surface area contributed by atoms with Gasteiger partial charge in [0.15, 0.2) is 0 Å². The smallest absolute Gasteiger partial charge is 0.243 e. The van der Waals surface area contributed by atoms with Crippen molar-refractivity contribution in [1.82, 2.24) is 14.9 Å². The van der Waals surface area contributed by atoms with Crippen molar-refractivity contribution >= 4 is 15.9 Å². The highest BCUT2D eigenvalue weighted by Crippen LogP contribution is 2.30. The van der Waals surface area contributed by atoms with Gasteiger partial charge in [-0.05, 0) is 50.8 Å². The normalized spacial score (nSPS) is 19.3. The Bertz CT molecular complexity index is 1070. The summed E-state index contributed by atoms with van der Waals surface area (Å²) in [4.78, 5) is 5.20. The van der Waals surface area contributed by atoms with E-state index in [1.807, 2.05) is 26.0 Å². The van der Waals surface area contributed by atoms with E-state index >= 15 is 0 Å². The topological polar surface area (TPSA) is 73.8 Å². The maximum atomic E-state index is 13.3. The van der Waals surface area contributed by atoms with Crippen LogP contribution in [-0.2, 0) is 16.6 Å². The number of piperidine rings is 1. The van der Waals surface area contributed by atoms with Crippen LogP contribution < -0.4 is 10.6 Å². The fraction of sp³-hybridized carbons (Fsp3) is 0.458. The molecule has 31 heavy (non-hydrogen) atoms. The van der Waals surface area contributed by atoms with Gasteiger partial charge in [0.25, 0.3) is 0 Å². The zero-order valence-corrected chi connectivity index (χ0v) is 19.4. The minimum atomic E-state index is -3.50. The van der Waals surface area contributed by atoms with Gasteiger partial charge in [-0.3, -0.25) is 4.99 Å². The molecule has 0 atom stereocenters. The van der Waals surface area contributed by atoms with Gasteiger partial charge >= 0.3 is 0 Å². The molecule has 0 saturated carbocycles. The van der Waals surface area contributed by atoms with Gasteiger partial charge < -0.3 is 10.6 Å². The summed E-state index contributed by atoms with van der Waals surface area (Å²) in [5, 5.41) is 7.18. The first-order valence-electron chi connectivity index (χ1n) is 11.0. The molecule has 2 heterocycles. The third-order valence-corrected chi connectivity index (χ3v) is 8.46. The molecule has 4 rings (SSSR count). The molecule has 6 nitrogen and oxygen atoms in total. The van der Waals surface area contributed by atoms with Gasteiger partial charge in [-0.1, -0.05) is 47.5 Å². The lowest BCUT2D eigenvalue weighted by molar-refractivity contribution is 0.241. The summed E-state index contributed by atoms with van der Waals surface area (Å²) in [5.41, 5.74) is 4.05.